The number of carbonyl (C=O) groups is 2. The van der Waals surface area contributed by atoms with E-state index in [1.807, 2.05) is 0 Å². The number of phenols is 1. The predicted octanol–water partition coefficient (Wildman–Crippen LogP) is -0.121. The minimum Gasteiger partial charge on any atom is -0.478 e. The van der Waals surface area contributed by atoms with Crippen molar-refractivity contribution in [2.75, 3.05) is 11.1 Å². The number of para-hydroxylation sites is 1. The number of amides is 1. The van der Waals surface area contributed by atoms with Crippen LogP contribution in [-0.4, -0.2) is 44.5 Å². The van der Waals surface area contributed by atoms with Crippen molar-refractivity contribution in [1.82, 2.24) is 0 Å². The summed E-state index contributed by atoms with van der Waals surface area (Å²) in [7, 11) is 0. The van der Waals surface area contributed by atoms with Gasteiger partial charge in [0.2, 0.25) is 0 Å². The van der Waals surface area contributed by atoms with Crippen LogP contribution in [0.15, 0.2) is 42.5 Å². The first kappa shape index (κ1) is 20.3. The second-order valence-electron chi connectivity index (χ2n) is 4.82. The van der Waals surface area contributed by atoms with E-state index in [1.54, 1.807) is 18.2 Å². The molecule has 2 aromatic carbocycles. The zero-order valence-corrected chi connectivity index (χ0v) is 15.0. The van der Waals surface area contributed by atoms with Crippen LogP contribution in [-0.2, 0) is 8.53 Å². The predicted molar refractivity (Wildman–Crippen MR) is 90.7 cm³/mol. The van der Waals surface area contributed by atoms with Gasteiger partial charge in [0.25, 0.3) is 0 Å². The topological polar surface area (TPSA) is 170 Å². The molecule has 2 rings (SSSR count). The van der Waals surface area contributed by atoms with E-state index in [9.17, 15) is 18.4 Å². The SMILES string of the molecule is CC(=O)Nc1ccc(O)c([As](=O)(O)O)c1.Nc1ccccc1C(=O)O. The number of rotatable bonds is 3. The summed E-state index contributed by atoms with van der Waals surface area (Å²) in [6, 6.07) is 9.91. The Hall–Kier alpha value is -2.74. The van der Waals surface area contributed by atoms with Crippen molar-refractivity contribution >= 4 is 41.8 Å². The van der Waals surface area contributed by atoms with Crippen LogP contribution >= 0.6 is 0 Å². The standard InChI is InChI=1S/C8H10AsNO5.C7H7NO2/c1-5(11)10-6-2-3-8(12)7(4-6)9(13,14)15;8-6-4-2-1-3-5(6)7(9)10/h2-4,12H,1H3,(H,10,11)(H2,13,14,15);1-4H,8H2,(H,9,10). The molecule has 25 heavy (non-hydrogen) atoms. The molecule has 2 aromatic rings. The number of nitrogens with one attached hydrogen (secondary N) is 1. The summed E-state index contributed by atoms with van der Waals surface area (Å²) in [5.41, 5.74) is 6.03. The van der Waals surface area contributed by atoms with Gasteiger partial charge in [-0.05, 0) is 12.1 Å². The maximum absolute atomic E-state index is 11.0. The number of aromatic hydroxyl groups is 1. The normalized spacial score (nSPS) is 10.4. The van der Waals surface area contributed by atoms with Gasteiger partial charge >= 0.3 is 94.1 Å². The summed E-state index contributed by atoms with van der Waals surface area (Å²) in [4.78, 5) is 21.0. The van der Waals surface area contributed by atoms with Gasteiger partial charge in [0, 0.05) is 5.69 Å². The maximum atomic E-state index is 11.0. The average Bonchev–Trinajstić information content (AvgIpc) is 2.48. The van der Waals surface area contributed by atoms with Crippen molar-refractivity contribution < 1.29 is 31.7 Å². The van der Waals surface area contributed by atoms with Gasteiger partial charge in [-0.3, -0.25) is 0 Å². The van der Waals surface area contributed by atoms with Gasteiger partial charge in [-0.1, -0.05) is 12.1 Å². The number of carboxylic acid groups (broad SMARTS) is 1. The number of nitrogen functional groups attached to an aromatic ring is 1. The van der Waals surface area contributed by atoms with E-state index in [2.05, 4.69) is 5.32 Å². The second kappa shape index (κ2) is 8.38. The van der Waals surface area contributed by atoms with Crippen LogP contribution in [0.4, 0.5) is 11.4 Å². The summed E-state index contributed by atoms with van der Waals surface area (Å²) >= 11 is -5.15. The molecule has 0 saturated heterocycles. The molecule has 0 aliphatic heterocycles. The molecule has 0 bridgehead atoms. The fraction of sp³-hybridized carbons (Fsp3) is 0.0667. The molecular weight excluding hydrogens is 395 g/mol. The average molecular weight is 412 g/mol. The first-order chi connectivity index (χ1) is 11.5. The minimum absolute atomic E-state index is 0.155. The summed E-state index contributed by atoms with van der Waals surface area (Å²) in [6.45, 7) is 1.27. The van der Waals surface area contributed by atoms with Crippen molar-refractivity contribution in [3.05, 3.63) is 48.0 Å². The van der Waals surface area contributed by atoms with Crippen LogP contribution in [0.3, 0.4) is 0 Å². The van der Waals surface area contributed by atoms with Gasteiger partial charge < -0.3 is 10.8 Å². The van der Waals surface area contributed by atoms with Crippen LogP contribution in [0.2, 0.25) is 0 Å². The monoisotopic (exact) mass is 412 g/mol. The summed E-state index contributed by atoms with van der Waals surface area (Å²) in [5.74, 6) is -1.82. The molecule has 0 aliphatic carbocycles. The van der Waals surface area contributed by atoms with Crippen molar-refractivity contribution in [3.8, 4) is 5.75 Å². The van der Waals surface area contributed by atoms with Crippen molar-refractivity contribution in [1.29, 1.82) is 0 Å². The molecule has 0 spiro atoms. The molecule has 0 radical (unpaired) electrons. The van der Waals surface area contributed by atoms with Gasteiger partial charge in [0.1, 0.15) is 0 Å². The zero-order chi connectivity index (χ0) is 19.2. The quantitative estimate of drug-likeness (QED) is 0.230. The zero-order valence-electron chi connectivity index (χ0n) is 13.1. The largest absolute Gasteiger partial charge is 0.478 e. The van der Waals surface area contributed by atoms with E-state index in [0.717, 1.165) is 12.1 Å². The molecule has 9 nitrogen and oxygen atoms in total. The van der Waals surface area contributed by atoms with Crippen LogP contribution in [0.1, 0.15) is 17.3 Å². The van der Waals surface area contributed by atoms with Gasteiger partial charge in [-0.15, -0.1) is 0 Å². The summed E-state index contributed by atoms with van der Waals surface area (Å²) in [6.07, 6.45) is 0. The van der Waals surface area contributed by atoms with E-state index >= 15 is 0 Å². The second-order valence-corrected chi connectivity index (χ2v) is 8.11. The van der Waals surface area contributed by atoms with Gasteiger partial charge in [-0.25, -0.2) is 4.79 Å². The molecule has 7 N–H and O–H groups in total. The van der Waals surface area contributed by atoms with Crippen LogP contribution in [0, 0.1) is 0 Å². The Morgan fingerprint density at radius 2 is 1.72 bits per heavy atom. The van der Waals surface area contributed by atoms with Crippen LogP contribution < -0.4 is 15.4 Å². The molecule has 0 aromatic heterocycles. The van der Waals surface area contributed by atoms with Gasteiger partial charge in [0.15, 0.2) is 0 Å². The fourth-order valence-corrected chi connectivity index (χ4v) is 3.16. The third kappa shape index (κ3) is 6.34. The molecule has 0 fully saturated rings. The van der Waals surface area contributed by atoms with Gasteiger partial charge in [-0.2, -0.15) is 0 Å². The number of benzene rings is 2. The third-order valence-corrected chi connectivity index (χ3v) is 4.87. The van der Waals surface area contributed by atoms with E-state index in [4.69, 9.17) is 19.0 Å². The summed E-state index contributed by atoms with van der Waals surface area (Å²) < 4.78 is 28.4. The first-order valence-electron chi connectivity index (χ1n) is 6.77. The number of anilines is 2. The molecule has 0 unspecified atom stereocenters. The minimum atomic E-state index is -5.15. The van der Waals surface area contributed by atoms with E-state index in [1.165, 1.54) is 19.1 Å². The smallest absolute Gasteiger partial charge is 0.337 e. The van der Waals surface area contributed by atoms with Gasteiger partial charge in [0.05, 0.1) is 5.56 Å². The Bertz CT molecular complexity index is 832. The van der Waals surface area contributed by atoms with Crippen molar-refractivity contribution in [3.63, 3.8) is 0 Å². The number of carbonyl (C=O) groups excluding carboxylic acids is 1. The van der Waals surface area contributed by atoms with Crippen molar-refractivity contribution in [2.45, 2.75) is 6.92 Å². The Balaban J connectivity index is 0.000000271. The fourth-order valence-electron chi connectivity index (χ4n) is 1.73. The Morgan fingerprint density at radius 1 is 1.12 bits per heavy atom. The first-order valence-corrected chi connectivity index (χ1v) is 10.1. The molecule has 0 atom stereocenters. The number of hydrogen-bond acceptors (Lipinski definition) is 5. The number of hydrogen-bond donors (Lipinski definition) is 6. The maximum Gasteiger partial charge on any atom is 0.337 e. The molecule has 0 saturated carbocycles. The number of carboxylic acids is 1. The molecule has 134 valence electrons. The number of nitrogens with two attached hydrogens (primary N) is 1. The Morgan fingerprint density at radius 3 is 2.16 bits per heavy atom. The Labute approximate surface area is 145 Å². The molecule has 0 heterocycles. The Kier molecular flexibility index (Phi) is 6.81. The van der Waals surface area contributed by atoms with Crippen LogP contribution in [0.25, 0.3) is 0 Å². The molecule has 0 aliphatic rings. The number of aromatic carboxylic acids is 1. The third-order valence-electron chi connectivity index (χ3n) is 2.80. The molecule has 1 amide bonds. The summed E-state index contributed by atoms with van der Waals surface area (Å²) in [5, 5.41) is 20.1. The van der Waals surface area contributed by atoms with E-state index in [-0.39, 0.29) is 17.2 Å². The van der Waals surface area contributed by atoms with E-state index < -0.39 is 30.2 Å². The van der Waals surface area contributed by atoms with Crippen LogP contribution in [0.5, 0.6) is 5.75 Å². The molecular formula is C15H17AsN2O7. The van der Waals surface area contributed by atoms with Crippen molar-refractivity contribution in [2.24, 2.45) is 0 Å². The molecule has 10 heteroatoms. The number of phenolic OH excluding ortho intramolecular Hbond substituents is 1. The van der Waals surface area contributed by atoms with E-state index in [0.29, 0.717) is 5.69 Å².